The molecule has 2 aliphatic rings. The maximum Gasteiger partial charge on any atom is 0.325 e. The largest absolute Gasteiger partial charge is 0.497 e. The van der Waals surface area contributed by atoms with Gasteiger partial charge < -0.3 is 19.7 Å². The molecular formula is C26H31N3O5. The summed E-state index contributed by atoms with van der Waals surface area (Å²) in [5.74, 6) is 0.729. The number of urea groups is 1. The van der Waals surface area contributed by atoms with Crippen molar-refractivity contribution in [3.8, 4) is 11.5 Å². The Morgan fingerprint density at radius 1 is 1.12 bits per heavy atom. The second-order valence-electron chi connectivity index (χ2n) is 8.99. The summed E-state index contributed by atoms with van der Waals surface area (Å²) in [5, 5.41) is 2.80. The van der Waals surface area contributed by atoms with E-state index >= 15 is 0 Å². The summed E-state index contributed by atoms with van der Waals surface area (Å²) in [6.45, 7) is 1.99. The quantitative estimate of drug-likeness (QED) is 0.605. The molecule has 2 fully saturated rings. The second-order valence-corrected chi connectivity index (χ2v) is 8.99. The Labute approximate surface area is 199 Å². The lowest BCUT2D eigenvalue weighted by atomic mass is 9.93. The van der Waals surface area contributed by atoms with Crippen LogP contribution in [-0.2, 0) is 16.0 Å². The Kier molecular flexibility index (Phi) is 6.77. The SMILES string of the molecule is COc1ccc(OC)c([C@@H]2CCCN2C(=O)CN2C(=O)N[C@](C)(CCc3ccccc3)C2=O)c1. The summed E-state index contributed by atoms with van der Waals surface area (Å²) < 4.78 is 10.9. The predicted molar refractivity (Wildman–Crippen MR) is 127 cm³/mol. The minimum atomic E-state index is -1.03. The van der Waals surface area contributed by atoms with E-state index < -0.39 is 11.6 Å². The van der Waals surface area contributed by atoms with Gasteiger partial charge in [-0.1, -0.05) is 30.3 Å². The molecule has 0 bridgehead atoms. The van der Waals surface area contributed by atoms with Gasteiger partial charge in [0.15, 0.2) is 0 Å². The average molecular weight is 466 g/mol. The molecule has 2 saturated heterocycles. The Morgan fingerprint density at radius 2 is 1.88 bits per heavy atom. The van der Waals surface area contributed by atoms with Gasteiger partial charge in [-0.15, -0.1) is 0 Å². The minimum Gasteiger partial charge on any atom is -0.497 e. The van der Waals surface area contributed by atoms with Crippen LogP contribution in [0.2, 0.25) is 0 Å². The van der Waals surface area contributed by atoms with Gasteiger partial charge in [0.25, 0.3) is 5.91 Å². The monoisotopic (exact) mass is 465 g/mol. The molecule has 2 atom stereocenters. The van der Waals surface area contributed by atoms with E-state index in [1.807, 2.05) is 48.5 Å². The standard InChI is InChI=1S/C26H31N3O5/c1-26(14-13-18-8-5-4-6-9-18)24(31)29(25(32)27-26)17-23(30)28-15-7-10-21(28)20-16-19(33-2)11-12-22(20)34-3/h4-6,8-9,11-12,16,21H,7,10,13-15,17H2,1-3H3,(H,27,32)/t21-,26+/m0/s1. The van der Waals surface area contributed by atoms with E-state index in [1.165, 1.54) is 0 Å². The van der Waals surface area contributed by atoms with Crippen molar-refractivity contribution < 1.29 is 23.9 Å². The molecule has 0 aliphatic carbocycles. The molecule has 8 heteroatoms. The first-order valence-corrected chi connectivity index (χ1v) is 11.6. The lowest BCUT2D eigenvalue weighted by molar-refractivity contribution is -0.139. The summed E-state index contributed by atoms with van der Waals surface area (Å²) in [6, 6.07) is 14.6. The van der Waals surface area contributed by atoms with E-state index in [-0.39, 0.29) is 24.4 Å². The number of likely N-dealkylation sites (tertiary alicyclic amines) is 1. The van der Waals surface area contributed by atoms with E-state index in [0.717, 1.165) is 28.9 Å². The molecule has 0 spiro atoms. The van der Waals surface area contributed by atoms with Gasteiger partial charge in [-0.3, -0.25) is 14.5 Å². The van der Waals surface area contributed by atoms with Crippen LogP contribution >= 0.6 is 0 Å². The number of ether oxygens (including phenoxy) is 2. The number of nitrogens with zero attached hydrogens (tertiary/aromatic N) is 2. The van der Waals surface area contributed by atoms with Crippen molar-refractivity contribution in [3.63, 3.8) is 0 Å². The Morgan fingerprint density at radius 3 is 2.59 bits per heavy atom. The van der Waals surface area contributed by atoms with Crippen molar-refractivity contribution in [1.29, 1.82) is 0 Å². The Bertz CT molecular complexity index is 1070. The first kappa shape index (κ1) is 23.6. The molecule has 0 radical (unpaired) electrons. The van der Waals surface area contributed by atoms with E-state index in [0.29, 0.717) is 30.9 Å². The molecular weight excluding hydrogens is 434 g/mol. The Balaban J connectivity index is 1.46. The van der Waals surface area contributed by atoms with E-state index in [9.17, 15) is 14.4 Å². The second kappa shape index (κ2) is 9.75. The maximum atomic E-state index is 13.3. The fourth-order valence-corrected chi connectivity index (χ4v) is 4.81. The average Bonchev–Trinajstić information content (AvgIpc) is 3.42. The van der Waals surface area contributed by atoms with Crippen LogP contribution in [0.3, 0.4) is 0 Å². The molecule has 0 saturated carbocycles. The fourth-order valence-electron chi connectivity index (χ4n) is 4.81. The number of hydrogen-bond donors (Lipinski definition) is 1. The molecule has 180 valence electrons. The smallest absolute Gasteiger partial charge is 0.325 e. The van der Waals surface area contributed by atoms with Gasteiger partial charge >= 0.3 is 6.03 Å². The normalized spacial score (nSPS) is 22.1. The number of rotatable bonds is 8. The third-order valence-electron chi connectivity index (χ3n) is 6.76. The van der Waals surface area contributed by atoms with E-state index in [1.54, 1.807) is 26.0 Å². The van der Waals surface area contributed by atoms with Crippen LogP contribution < -0.4 is 14.8 Å². The summed E-state index contributed by atoms with van der Waals surface area (Å²) in [5.41, 5.74) is 0.915. The highest BCUT2D eigenvalue weighted by molar-refractivity contribution is 6.08. The predicted octanol–water partition coefficient (Wildman–Crippen LogP) is 3.31. The van der Waals surface area contributed by atoms with Gasteiger partial charge in [0.05, 0.1) is 20.3 Å². The molecule has 8 nitrogen and oxygen atoms in total. The number of carbonyl (C=O) groups excluding carboxylic acids is 3. The van der Waals surface area contributed by atoms with Crippen molar-refractivity contribution >= 4 is 17.8 Å². The van der Waals surface area contributed by atoms with Crippen LogP contribution in [0.15, 0.2) is 48.5 Å². The molecule has 2 aromatic carbocycles. The minimum absolute atomic E-state index is 0.206. The number of amides is 4. The van der Waals surface area contributed by atoms with E-state index in [2.05, 4.69) is 5.32 Å². The molecule has 2 heterocycles. The molecule has 0 aromatic heterocycles. The summed E-state index contributed by atoms with van der Waals surface area (Å²) >= 11 is 0. The van der Waals surface area contributed by atoms with Gasteiger partial charge in [-0.05, 0) is 56.4 Å². The zero-order chi connectivity index (χ0) is 24.3. The lowest BCUT2D eigenvalue weighted by Crippen LogP contribution is -2.46. The van der Waals surface area contributed by atoms with Crippen molar-refractivity contribution in [3.05, 3.63) is 59.7 Å². The molecule has 2 aromatic rings. The highest BCUT2D eigenvalue weighted by Crippen LogP contribution is 2.39. The Hall–Kier alpha value is -3.55. The van der Waals surface area contributed by atoms with Crippen molar-refractivity contribution in [2.24, 2.45) is 0 Å². The molecule has 4 rings (SSSR count). The number of hydrogen-bond acceptors (Lipinski definition) is 5. The zero-order valence-corrected chi connectivity index (χ0v) is 19.9. The number of benzene rings is 2. The number of carbonyl (C=O) groups is 3. The molecule has 0 unspecified atom stereocenters. The molecule has 2 aliphatic heterocycles. The number of nitrogens with one attached hydrogen (secondary N) is 1. The van der Waals surface area contributed by atoms with Crippen molar-refractivity contribution in [2.75, 3.05) is 27.3 Å². The zero-order valence-electron chi connectivity index (χ0n) is 19.9. The van der Waals surface area contributed by atoms with Crippen LogP contribution in [0.5, 0.6) is 11.5 Å². The molecule has 1 N–H and O–H groups in total. The van der Waals surface area contributed by atoms with Gasteiger partial charge in [0.2, 0.25) is 5.91 Å². The molecule has 34 heavy (non-hydrogen) atoms. The van der Waals surface area contributed by atoms with Crippen LogP contribution in [0, 0.1) is 0 Å². The first-order valence-electron chi connectivity index (χ1n) is 11.6. The number of aryl methyl sites for hydroxylation is 1. The lowest BCUT2D eigenvalue weighted by Gasteiger charge is -2.28. The molecule has 4 amide bonds. The maximum absolute atomic E-state index is 13.3. The summed E-state index contributed by atoms with van der Waals surface area (Å²) in [7, 11) is 3.19. The highest BCUT2D eigenvalue weighted by Gasteiger charge is 2.48. The third kappa shape index (κ3) is 4.58. The van der Waals surface area contributed by atoms with Crippen molar-refractivity contribution in [2.45, 2.75) is 44.2 Å². The first-order chi connectivity index (χ1) is 16.4. The topological polar surface area (TPSA) is 88.2 Å². The van der Waals surface area contributed by atoms with Gasteiger partial charge in [0, 0.05) is 12.1 Å². The fraction of sp³-hybridized carbons (Fsp3) is 0.423. The van der Waals surface area contributed by atoms with Crippen LogP contribution in [0.4, 0.5) is 4.79 Å². The van der Waals surface area contributed by atoms with Crippen LogP contribution in [0.25, 0.3) is 0 Å². The summed E-state index contributed by atoms with van der Waals surface area (Å²) in [4.78, 5) is 41.9. The van der Waals surface area contributed by atoms with Gasteiger partial charge in [-0.25, -0.2) is 4.79 Å². The van der Waals surface area contributed by atoms with Gasteiger partial charge in [0.1, 0.15) is 23.6 Å². The van der Waals surface area contributed by atoms with Gasteiger partial charge in [-0.2, -0.15) is 0 Å². The van der Waals surface area contributed by atoms with Crippen molar-refractivity contribution in [1.82, 2.24) is 15.1 Å². The highest BCUT2D eigenvalue weighted by atomic mass is 16.5. The summed E-state index contributed by atoms with van der Waals surface area (Å²) in [6.07, 6.45) is 2.70. The van der Waals surface area contributed by atoms with E-state index in [4.69, 9.17) is 9.47 Å². The van der Waals surface area contributed by atoms with Crippen LogP contribution in [-0.4, -0.2) is 60.5 Å². The van der Waals surface area contributed by atoms with Crippen LogP contribution in [0.1, 0.15) is 43.4 Å². The number of methoxy groups -OCH3 is 2. The number of imide groups is 1. The third-order valence-corrected chi connectivity index (χ3v) is 6.76.